The molecule has 0 saturated heterocycles. The van der Waals surface area contributed by atoms with Crippen LogP contribution in [0.3, 0.4) is 0 Å². The van der Waals surface area contributed by atoms with Crippen molar-refractivity contribution in [1.82, 2.24) is 0 Å². The first-order chi connectivity index (χ1) is 7.15. The van der Waals surface area contributed by atoms with Gasteiger partial charge in [-0.3, -0.25) is 9.59 Å². The van der Waals surface area contributed by atoms with E-state index in [-0.39, 0.29) is 17.8 Å². The van der Waals surface area contributed by atoms with Crippen LogP contribution in [0.1, 0.15) is 0 Å². The molecule has 4 nitrogen and oxygen atoms in total. The van der Waals surface area contributed by atoms with Gasteiger partial charge in [0.25, 0.3) is 0 Å². The van der Waals surface area contributed by atoms with Crippen molar-refractivity contribution in [2.45, 2.75) is 0 Å². The normalized spacial score (nSPS) is 9.67. The second kappa shape index (κ2) is 5.50. The van der Waals surface area contributed by atoms with Crippen molar-refractivity contribution in [3.05, 3.63) is 30.3 Å². The average Bonchev–Trinajstić information content (AvgIpc) is 2.26. The molecular formula is C10H10BrNO3. The predicted molar refractivity (Wildman–Crippen MR) is 60.2 cm³/mol. The fourth-order valence-corrected chi connectivity index (χ4v) is 1.44. The molecule has 0 spiro atoms. The Morgan fingerprint density at radius 3 is 2.33 bits per heavy atom. The molecule has 1 rings (SSSR count). The number of benzene rings is 1. The minimum atomic E-state index is -1.03. The number of carbonyl (C=O) groups excluding carboxylic acids is 1. The lowest BCUT2D eigenvalue weighted by Crippen LogP contribution is -2.36. The summed E-state index contributed by atoms with van der Waals surface area (Å²) in [6.07, 6.45) is 0. The van der Waals surface area contributed by atoms with Gasteiger partial charge in [-0.1, -0.05) is 34.1 Å². The maximum absolute atomic E-state index is 11.5. The van der Waals surface area contributed by atoms with Gasteiger partial charge in [0, 0.05) is 5.69 Å². The van der Waals surface area contributed by atoms with Crippen molar-refractivity contribution < 1.29 is 14.7 Å². The molecule has 1 aromatic carbocycles. The van der Waals surface area contributed by atoms with Crippen LogP contribution < -0.4 is 4.90 Å². The molecular weight excluding hydrogens is 262 g/mol. The van der Waals surface area contributed by atoms with Gasteiger partial charge in [-0.05, 0) is 12.1 Å². The maximum atomic E-state index is 11.5. The number of halogens is 1. The molecule has 0 aromatic heterocycles. The van der Waals surface area contributed by atoms with Crippen molar-refractivity contribution in [3.63, 3.8) is 0 Å². The molecule has 5 heteroatoms. The minimum absolute atomic E-state index is 0.106. The van der Waals surface area contributed by atoms with Gasteiger partial charge in [0.15, 0.2) is 0 Å². The Morgan fingerprint density at radius 2 is 1.87 bits per heavy atom. The molecule has 0 aliphatic rings. The van der Waals surface area contributed by atoms with Gasteiger partial charge >= 0.3 is 5.97 Å². The molecule has 0 aliphatic heterocycles. The standard InChI is InChI=1S/C10H10BrNO3/c11-6-9(13)12(7-10(14)15)8-4-2-1-3-5-8/h1-5H,6-7H2,(H,14,15). The molecule has 15 heavy (non-hydrogen) atoms. The van der Waals surface area contributed by atoms with Crippen molar-refractivity contribution in [1.29, 1.82) is 0 Å². The zero-order valence-corrected chi connectivity index (χ0v) is 9.48. The Bertz CT molecular complexity index is 353. The predicted octanol–water partition coefficient (Wildman–Crippen LogP) is 1.50. The van der Waals surface area contributed by atoms with Gasteiger partial charge in [0.2, 0.25) is 5.91 Å². The molecule has 0 saturated carbocycles. The number of carbonyl (C=O) groups is 2. The Hall–Kier alpha value is -1.36. The van der Waals surface area contributed by atoms with Gasteiger partial charge in [0.1, 0.15) is 6.54 Å². The lowest BCUT2D eigenvalue weighted by atomic mass is 10.3. The molecule has 0 heterocycles. The summed E-state index contributed by atoms with van der Waals surface area (Å²) in [6, 6.07) is 8.71. The van der Waals surface area contributed by atoms with Crippen LogP contribution in [0.4, 0.5) is 5.69 Å². The number of hydrogen-bond donors (Lipinski definition) is 1. The number of amides is 1. The Morgan fingerprint density at radius 1 is 1.27 bits per heavy atom. The van der Waals surface area contributed by atoms with E-state index >= 15 is 0 Å². The summed E-state index contributed by atoms with van der Waals surface area (Å²) in [6.45, 7) is -0.325. The lowest BCUT2D eigenvalue weighted by molar-refractivity contribution is -0.136. The quantitative estimate of drug-likeness (QED) is 0.845. The fraction of sp³-hybridized carbons (Fsp3) is 0.200. The lowest BCUT2D eigenvalue weighted by Gasteiger charge is -2.19. The van der Waals surface area contributed by atoms with E-state index in [1.807, 2.05) is 0 Å². The van der Waals surface area contributed by atoms with Crippen LogP contribution in [0.5, 0.6) is 0 Å². The van der Waals surface area contributed by atoms with Crippen molar-refractivity contribution in [2.75, 3.05) is 16.8 Å². The summed E-state index contributed by atoms with van der Waals surface area (Å²) >= 11 is 3.02. The van der Waals surface area contributed by atoms with E-state index in [9.17, 15) is 9.59 Å². The topological polar surface area (TPSA) is 57.6 Å². The largest absolute Gasteiger partial charge is 0.480 e. The van der Waals surface area contributed by atoms with Gasteiger partial charge in [0.05, 0.1) is 5.33 Å². The van der Waals surface area contributed by atoms with Gasteiger partial charge in [-0.2, -0.15) is 0 Å². The summed E-state index contributed by atoms with van der Waals surface area (Å²) < 4.78 is 0. The van der Waals surface area contributed by atoms with E-state index in [2.05, 4.69) is 15.9 Å². The Balaban J connectivity index is 2.91. The van der Waals surface area contributed by atoms with E-state index in [0.717, 1.165) is 0 Å². The number of rotatable bonds is 4. The van der Waals surface area contributed by atoms with Crippen LogP contribution >= 0.6 is 15.9 Å². The van der Waals surface area contributed by atoms with Crippen LogP contribution in [0.15, 0.2) is 30.3 Å². The number of para-hydroxylation sites is 1. The highest BCUT2D eigenvalue weighted by atomic mass is 79.9. The van der Waals surface area contributed by atoms with Gasteiger partial charge < -0.3 is 10.0 Å². The minimum Gasteiger partial charge on any atom is -0.480 e. The van der Waals surface area contributed by atoms with Crippen molar-refractivity contribution in [2.24, 2.45) is 0 Å². The highest BCUT2D eigenvalue weighted by Gasteiger charge is 2.16. The van der Waals surface area contributed by atoms with Crippen molar-refractivity contribution >= 4 is 33.5 Å². The zero-order valence-electron chi connectivity index (χ0n) is 7.89. The van der Waals surface area contributed by atoms with Crippen LogP contribution in [0.25, 0.3) is 0 Å². The molecule has 0 atom stereocenters. The monoisotopic (exact) mass is 271 g/mol. The average molecular weight is 272 g/mol. The zero-order chi connectivity index (χ0) is 11.3. The summed E-state index contributed by atoms with van der Waals surface area (Å²) in [5.74, 6) is -1.31. The van der Waals surface area contributed by atoms with Crippen LogP contribution in [0, 0.1) is 0 Å². The number of carboxylic acid groups (broad SMARTS) is 1. The Labute approximate surface area is 95.6 Å². The maximum Gasteiger partial charge on any atom is 0.323 e. The summed E-state index contributed by atoms with van der Waals surface area (Å²) in [5.41, 5.74) is 0.587. The molecule has 1 aromatic rings. The first-order valence-electron chi connectivity index (χ1n) is 4.28. The molecule has 0 aliphatic carbocycles. The van der Waals surface area contributed by atoms with E-state index < -0.39 is 5.97 Å². The SMILES string of the molecule is O=C(O)CN(C(=O)CBr)c1ccccc1. The first kappa shape index (κ1) is 11.7. The fourth-order valence-electron chi connectivity index (χ4n) is 1.14. The number of carboxylic acids is 1. The van der Waals surface area contributed by atoms with Gasteiger partial charge in [-0.15, -0.1) is 0 Å². The molecule has 0 unspecified atom stereocenters. The molecule has 1 amide bonds. The number of nitrogens with zero attached hydrogens (tertiary/aromatic N) is 1. The summed E-state index contributed by atoms with van der Waals surface area (Å²) in [4.78, 5) is 23.3. The molecule has 80 valence electrons. The molecule has 1 N–H and O–H groups in total. The second-order valence-corrected chi connectivity index (χ2v) is 3.40. The number of alkyl halides is 1. The van der Waals surface area contributed by atoms with Crippen molar-refractivity contribution in [3.8, 4) is 0 Å². The third-order valence-electron chi connectivity index (χ3n) is 1.78. The first-order valence-corrected chi connectivity index (χ1v) is 5.40. The van der Waals surface area contributed by atoms with E-state index in [1.54, 1.807) is 30.3 Å². The van der Waals surface area contributed by atoms with E-state index in [1.165, 1.54) is 4.90 Å². The van der Waals surface area contributed by atoms with Crippen LogP contribution in [-0.2, 0) is 9.59 Å². The molecule has 0 bridgehead atoms. The second-order valence-electron chi connectivity index (χ2n) is 2.84. The van der Waals surface area contributed by atoms with E-state index in [4.69, 9.17) is 5.11 Å². The summed E-state index contributed by atoms with van der Waals surface area (Å²) in [7, 11) is 0. The van der Waals surface area contributed by atoms with Gasteiger partial charge in [-0.25, -0.2) is 0 Å². The van der Waals surface area contributed by atoms with E-state index in [0.29, 0.717) is 5.69 Å². The highest BCUT2D eigenvalue weighted by Crippen LogP contribution is 2.13. The number of hydrogen-bond acceptors (Lipinski definition) is 2. The highest BCUT2D eigenvalue weighted by molar-refractivity contribution is 9.09. The molecule has 0 fully saturated rings. The third kappa shape index (κ3) is 3.36. The number of anilines is 1. The summed E-state index contributed by atoms with van der Waals surface area (Å²) in [5, 5.41) is 8.79. The van der Waals surface area contributed by atoms with Crippen LogP contribution in [0.2, 0.25) is 0 Å². The molecule has 0 radical (unpaired) electrons. The smallest absolute Gasteiger partial charge is 0.323 e. The Kier molecular flexibility index (Phi) is 4.30. The van der Waals surface area contributed by atoms with Crippen LogP contribution in [-0.4, -0.2) is 28.9 Å². The third-order valence-corrected chi connectivity index (χ3v) is 2.26. The number of aliphatic carboxylic acids is 1.